The van der Waals surface area contributed by atoms with Crippen LogP contribution in [0.15, 0.2) is 29.2 Å². The highest BCUT2D eigenvalue weighted by molar-refractivity contribution is 7.92. The second-order valence-corrected chi connectivity index (χ2v) is 6.61. The maximum atomic E-state index is 12.0. The second kappa shape index (κ2) is 4.66. The molecule has 1 saturated carbocycles. The van der Waals surface area contributed by atoms with Crippen LogP contribution in [-0.2, 0) is 9.84 Å². The average Bonchev–Trinajstić information content (AvgIpc) is 3.11. The summed E-state index contributed by atoms with van der Waals surface area (Å²) in [6.07, 6.45) is 0.932. The van der Waals surface area contributed by atoms with Gasteiger partial charge in [-0.15, -0.1) is 0 Å². The number of aliphatic hydroxyl groups is 1. The van der Waals surface area contributed by atoms with E-state index in [2.05, 4.69) is 0 Å². The predicted octanol–water partition coefficient (Wildman–Crippen LogP) is 1.38. The lowest BCUT2D eigenvalue weighted by atomic mass is 10.3. The summed E-state index contributed by atoms with van der Waals surface area (Å²) >= 11 is 0. The van der Waals surface area contributed by atoms with E-state index in [1.165, 1.54) is 6.07 Å². The van der Waals surface area contributed by atoms with Crippen LogP contribution in [0.1, 0.15) is 19.8 Å². The fourth-order valence-electron chi connectivity index (χ4n) is 1.53. The number of sulfone groups is 1. The van der Waals surface area contributed by atoms with Crippen molar-refractivity contribution in [1.29, 1.82) is 0 Å². The van der Waals surface area contributed by atoms with E-state index in [1.807, 2.05) is 0 Å². The summed E-state index contributed by atoms with van der Waals surface area (Å²) in [6, 6.07) is 6.46. The van der Waals surface area contributed by atoms with Gasteiger partial charge in [-0.3, -0.25) is 0 Å². The molecule has 1 aromatic rings. The van der Waals surface area contributed by atoms with E-state index in [4.69, 9.17) is 9.84 Å². The first kappa shape index (κ1) is 12.4. The minimum Gasteiger partial charge on any atom is -0.491 e. The molecule has 0 radical (unpaired) electrons. The number of benzene rings is 1. The van der Waals surface area contributed by atoms with E-state index in [0.29, 0.717) is 10.6 Å². The van der Waals surface area contributed by atoms with Crippen molar-refractivity contribution in [3.05, 3.63) is 24.3 Å². The second-order valence-electron chi connectivity index (χ2n) is 4.38. The smallest absolute Gasteiger partial charge is 0.181 e. The number of hydrogen-bond donors (Lipinski definition) is 1. The van der Waals surface area contributed by atoms with Gasteiger partial charge in [-0.25, -0.2) is 8.42 Å². The SMILES string of the molecule is CC(O)COc1cccc(S(=O)(=O)C2CC2)c1. The Balaban J connectivity index is 2.16. The van der Waals surface area contributed by atoms with E-state index >= 15 is 0 Å². The van der Waals surface area contributed by atoms with Crippen molar-refractivity contribution in [2.24, 2.45) is 0 Å². The molecule has 1 fully saturated rings. The molecule has 0 amide bonds. The summed E-state index contributed by atoms with van der Waals surface area (Å²) in [5.41, 5.74) is 0. The Morgan fingerprint density at radius 2 is 2.18 bits per heavy atom. The molecular formula is C12H16O4S. The van der Waals surface area contributed by atoms with Gasteiger partial charge in [0.1, 0.15) is 12.4 Å². The quantitative estimate of drug-likeness (QED) is 0.864. The van der Waals surface area contributed by atoms with Gasteiger partial charge in [0.05, 0.1) is 16.2 Å². The van der Waals surface area contributed by atoms with Gasteiger partial charge in [0, 0.05) is 0 Å². The Morgan fingerprint density at radius 1 is 1.47 bits per heavy atom. The molecule has 1 aliphatic carbocycles. The Bertz CT molecular complexity index is 489. The van der Waals surface area contributed by atoms with Gasteiger partial charge in [-0.1, -0.05) is 6.07 Å². The van der Waals surface area contributed by atoms with Gasteiger partial charge in [0.2, 0.25) is 0 Å². The highest BCUT2D eigenvalue weighted by atomic mass is 32.2. The molecule has 0 saturated heterocycles. The fourth-order valence-corrected chi connectivity index (χ4v) is 3.22. The average molecular weight is 256 g/mol. The minimum absolute atomic E-state index is 0.160. The van der Waals surface area contributed by atoms with Crippen molar-refractivity contribution >= 4 is 9.84 Å². The predicted molar refractivity (Wildman–Crippen MR) is 63.8 cm³/mol. The summed E-state index contributed by atoms with van der Waals surface area (Å²) in [5, 5.41) is 8.88. The van der Waals surface area contributed by atoms with Crippen LogP contribution < -0.4 is 4.74 Å². The van der Waals surface area contributed by atoms with Crippen molar-refractivity contribution in [1.82, 2.24) is 0 Å². The molecular weight excluding hydrogens is 240 g/mol. The minimum atomic E-state index is -3.17. The first-order valence-electron chi connectivity index (χ1n) is 5.65. The molecule has 5 heteroatoms. The largest absolute Gasteiger partial charge is 0.491 e. The van der Waals surface area contributed by atoms with Crippen LogP contribution in [0.5, 0.6) is 5.75 Å². The third-order valence-electron chi connectivity index (χ3n) is 2.59. The molecule has 17 heavy (non-hydrogen) atoms. The Labute approximate surface area is 101 Å². The molecule has 0 aromatic heterocycles. The molecule has 4 nitrogen and oxygen atoms in total. The number of hydrogen-bond acceptors (Lipinski definition) is 4. The van der Waals surface area contributed by atoms with Crippen molar-refractivity contribution in [2.45, 2.75) is 36.0 Å². The van der Waals surface area contributed by atoms with Crippen LogP contribution >= 0.6 is 0 Å². The molecule has 1 aliphatic rings. The molecule has 1 atom stereocenters. The maximum absolute atomic E-state index is 12.0. The van der Waals surface area contributed by atoms with Gasteiger partial charge >= 0.3 is 0 Å². The van der Waals surface area contributed by atoms with Crippen LogP contribution in [0, 0.1) is 0 Å². The first-order chi connectivity index (χ1) is 8.00. The molecule has 0 spiro atoms. The lowest BCUT2D eigenvalue weighted by molar-refractivity contribution is 0.122. The number of rotatable bonds is 5. The van der Waals surface area contributed by atoms with Crippen molar-refractivity contribution in [3.63, 3.8) is 0 Å². The van der Waals surface area contributed by atoms with Gasteiger partial charge in [-0.2, -0.15) is 0 Å². The third-order valence-corrected chi connectivity index (χ3v) is 4.85. The van der Waals surface area contributed by atoms with E-state index in [-0.39, 0.29) is 11.9 Å². The molecule has 1 unspecified atom stereocenters. The summed E-state index contributed by atoms with van der Waals surface area (Å²) in [4.78, 5) is 0.308. The standard InChI is InChI=1S/C12H16O4S/c1-9(13)8-16-10-3-2-4-12(7-10)17(14,15)11-5-6-11/h2-4,7,9,11,13H,5-6,8H2,1H3. The van der Waals surface area contributed by atoms with E-state index in [1.54, 1.807) is 25.1 Å². The lowest BCUT2D eigenvalue weighted by Gasteiger charge is -2.09. The van der Waals surface area contributed by atoms with Crippen LogP contribution in [0.25, 0.3) is 0 Å². The third kappa shape index (κ3) is 2.98. The van der Waals surface area contributed by atoms with Crippen molar-refractivity contribution in [3.8, 4) is 5.75 Å². The lowest BCUT2D eigenvalue weighted by Crippen LogP contribution is -2.13. The normalized spacial score (nSPS) is 17.8. The van der Waals surface area contributed by atoms with E-state index in [9.17, 15) is 8.42 Å². The summed E-state index contributed by atoms with van der Waals surface area (Å²) < 4.78 is 29.2. The molecule has 0 heterocycles. The zero-order chi connectivity index (χ0) is 12.5. The summed E-state index contributed by atoms with van der Waals surface area (Å²) in [6.45, 7) is 1.78. The monoisotopic (exact) mass is 256 g/mol. The molecule has 1 aromatic carbocycles. The Kier molecular flexibility index (Phi) is 3.40. The van der Waals surface area contributed by atoms with Gasteiger partial charge < -0.3 is 9.84 Å². The van der Waals surface area contributed by atoms with Gasteiger partial charge in [-0.05, 0) is 38.0 Å². The van der Waals surface area contributed by atoms with Crippen molar-refractivity contribution < 1.29 is 18.3 Å². The summed E-state index contributed by atoms with van der Waals surface area (Å²) in [7, 11) is -3.17. The molecule has 0 aliphatic heterocycles. The van der Waals surface area contributed by atoms with Crippen molar-refractivity contribution in [2.75, 3.05) is 6.61 Å². The zero-order valence-electron chi connectivity index (χ0n) is 9.67. The first-order valence-corrected chi connectivity index (χ1v) is 7.19. The van der Waals surface area contributed by atoms with Gasteiger partial charge in [0.25, 0.3) is 0 Å². The van der Waals surface area contributed by atoms with Crippen LogP contribution in [0.2, 0.25) is 0 Å². The topological polar surface area (TPSA) is 63.6 Å². The fraction of sp³-hybridized carbons (Fsp3) is 0.500. The molecule has 94 valence electrons. The zero-order valence-corrected chi connectivity index (χ0v) is 10.5. The Morgan fingerprint density at radius 3 is 2.76 bits per heavy atom. The molecule has 1 N–H and O–H groups in total. The highest BCUT2D eigenvalue weighted by Gasteiger charge is 2.36. The van der Waals surface area contributed by atoms with Crippen LogP contribution in [0.3, 0.4) is 0 Å². The van der Waals surface area contributed by atoms with Crippen LogP contribution in [-0.4, -0.2) is 31.5 Å². The number of aliphatic hydroxyl groups excluding tert-OH is 1. The van der Waals surface area contributed by atoms with E-state index in [0.717, 1.165) is 12.8 Å². The van der Waals surface area contributed by atoms with Crippen LogP contribution in [0.4, 0.5) is 0 Å². The number of ether oxygens (including phenoxy) is 1. The van der Waals surface area contributed by atoms with E-state index < -0.39 is 15.9 Å². The maximum Gasteiger partial charge on any atom is 0.181 e. The van der Waals surface area contributed by atoms with Gasteiger partial charge in [0.15, 0.2) is 9.84 Å². The summed E-state index contributed by atoms with van der Waals surface area (Å²) in [5.74, 6) is 0.479. The molecule has 2 rings (SSSR count). The highest BCUT2D eigenvalue weighted by Crippen LogP contribution is 2.34. The molecule has 0 bridgehead atoms. The Hall–Kier alpha value is -1.07.